The highest BCUT2D eigenvalue weighted by molar-refractivity contribution is 5.85. The van der Waals surface area contributed by atoms with Gasteiger partial charge in [0.15, 0.2) is 5.65 Å². The molecule has 2 heterocycles. The van der Waals surface area contributed by atoms with Crippen molar-refractivity contribution < 1.29 is 0 Å². The van der Waals surface area contributed by atoms with E-state index in [1.54, 1.807) is 10.7 Å². The van der Waals surface area contributed by atoms with E-state index in [4.69, 9.17) is 5.73 Å². The SMILES string of the molecule is Cc1[nH]n2ccnc2c1N.Cl.Cl. The van der Waals surface area contributed by atoms with E-state index in [1.807, 2.05) is 13.1 Å². The molecule has 0 fully saturated rings. The molecule has 0 spiro atoms. The van der Waals surface area contributed by atoms with Crippen molar-refractivity contribution in [3.8, 4) is 0 Å². The number of rotatable bonds is 0. The van der Waals surface area contributed by atoms with Gasteiger partial charge >= 0.3 is 0 Å². The summed E-state index contributed by atoms with van der Waals surface area (Å²) in [6, 6.07) is 0. The van der Waals surface area contributed by atoms with E-state index in [9.17, 15) is 0 Å². The van der Waals surface area contributed by atoms with Crippen molar-refractivity contribution in [2.24, 2.45) is 0 Å². The van der Waals surface area contributed by atoms with Crippen LogP contribution in [0.25, 0.3) is 5.65 Å². The third-order valence-corrected chi connectivity index (χ3v) is 1.57. The lowest BCUT2D eigenvalue weighted by Gasteiger charge is -1.82. The zero-order valence-corrected chi connectivity index (χ0v) is 8.08. The molecule has 0 atom stereocenters. The largest absolute Gasteiger partial charge is 0.394 e. The van der Waals surface area contributed by atoms with E-state index >= 15 is 0 Å². The lowest BCUT2D eigenvalue weighted by Crippen LogP contribution is -1.84. The lowest BCUT2D eigenvalue weighted by atomic mass is 10.4. The van der Waals surface area contributed by atoms with Crippen molar-refractivity contribution in [2.75, 3.05) is 5.73 Å². The molecular formula is C6H10Cl2N4. The lowest BCUT2D eigenvalue weighted by molar-refractivity contribution is 0.945. The second-order valence-electron chi connectivity index (χ2n) is 2.27. The molecule has 0 amide bonds. The summed E-state index contributed by atoms with van der Waals surface area (Å²) in [6.45, 7) is 1.92. The number of nitrogens with one attached hydrogen (secondary N) is 1. The van der Waals surface area contributed by atoms with Crippen LogP contribution < -0.4 is 5.73 Å². The summed E-state index contributed by atoms with van der Waals surface area (Å²) >= 11 is 0. The fourth-order valence-electron chi connectivity index (χ4n) is 1.00. The number of hydrogen-bond donors (Lipinski definition) is 2. The molecule has 68 valence electrons. The Morgan fingerprint density at radius 1 is 1.50 bits per heavy atom. The second-order valence-corrected chi connectivity index (χ2v) is 2.27. The zero-order chi connectivity index (χ0) is 7.14. The van der Waals surface area contributed by atoms with E-state index in [-0.39, 0.29) is 24.8 Å². The smallest absolute Gasteiger partial charge is 0.176 e. The fourth-order valence-corrected chi connectivity index (χ4v) is 1.00. The Morgan fingerprint density at radius 2 is 2.17 bits per heavy atom. The molecule has 2 aromatic heterocycles. The number of aryl methyl sites for hydroxylation is 1. The average molecular weight is 209 g/mol. The number of hydrogen-bond acceptors (Lipinski definition) is 2. The summed E-state index contributed by atoms with van der Waals surface area (Å²) < 4.78 is 1.80. The molecule has 0 unspecified atom stereocenters. The molecule has 3 N–H and O–H groups in total. The van der Waals surface area contributed by atoms with Crippen molar-refractivity contribution in [1.29, 1.82) is 0 Å². The maximum atomic E-state index is 5.67. The molecule has 6 heteroatoms. The average Bonchev–Trinajstić information content (AvgIpc) is 2.41. The summed E-state index contributed by atoms with van der Waals surface area (Å²) in [5, 5.41) is 3.04. The molecule has 0 saturated heterocycles. The molecule has 2 rings (SSSR count). The number of nitrogens with zero attached hydrogens (tertiary/aromatic N) is 2. The first-order valence-corrected chi connectivity index (χ1v) is 3.06. The first-order chi connectivity index (χ1) is 4.79. The van der Waals surface area contributed by atoms with Crippen LogP contribution in [0.1, 0.15) is 5.69 Å². The number of nitrogens with two attached hydrogens (primary N) is 1. The van der Waals surface area contributed by atoms with Gasteiger partial charge in [-0.15, -0.1) is 24.8 Å². The summed E-state index contributed by atoms with van der Waals surface area (Å²) in [7, 11) is 0. The van der Waals surface area contributed by atoms with Crippen LogP contribution in [0.3, 0.4) is 0 Å². The van der Waals surface area contributed by atoms with Gasteiger partial charge in [-0.2, -0.15) is 0 Å². The van der Waals surface area contributed by atoms with Gasteiger partial charge in [0, 0.05) is 12.4 Å². The highest BCUT2D eigenvalue weighted by Crippen LogP contribution is 2.13. The number of imidazole rings is 1. The first kappa shape index (κ1) is 11.1. The van der Waals surface area contributed by atoms with Crippen LogP contribution in [-0.4, -0.2) is 14.6 Å². The van der Waals surface area contributed by atoms with Crippen LogP contribution >= 0.6 is 24.8 Å². The topological polar surface area (TPSA) is 59.1 Å². The maximum absolute atomic E-state index is 5.67. The Kier molecular flexibility index (Phi) is 3.42. The molecule has 0 aliphatic carbocycles. The molecule has 2 aromatic rings. The standard InChI is InChI=1S/C6H8N4.2ClH/c1-4-5(7)6-8-2-3-10(6)9-4;;/h2-3,9H,7H2,1H3;2*1H. The van der Waals surface area contributed by atoms with Crippen LogP contribution in [-0.2, 0) is 0 Å². The molecule has 0 aromatic carbocycles. The van der Waals surface area contributed by atoms with E-state index in [0.717, 1.165) is 17.0 Å². The molecule has 0 aliphatic heterocycles. The predicted molar refractivity (Wildman–Crippen MR) is 53.2 cm³/mol. The molecule has 0 radical (unpaired) electrons. The van der Waals surface area contributed by atoms with Crippen molar-refractivity contribution >= 4 is 36.1 Å². The van der Waals surface area contributed by atoms with Gasteiger partial charge in [-0.25, -0.2) is 9.50 Å². The van der Waals surface area contributed by atoms with Crippen molar-refractivity contribution in [3.05, 3.63) is 18.1 Å². The molecule has 12 heavy (non-hydrogen) atoms. The minimum absolute atomic E-state index is 0. The van der Waals surface area contributed by atoms with Gasteiger partial charge in [-0.1, -0.05) is 0 Å². The van der Waals surface area contributed by atoms with Gasteiger partial charge in [0.25, 0.3) is 0 Å². The highest BCUT2D eigenvalue weighted by Gasteiger charge is 2.03. The number of H-pyrrole nitrogens is 1. The molecule has 0 aliphatic rings. The first-order valence-electron chi connectivity index (χ1n) is 3.06. The van der Waals surface area contributed by atoms with Gasteiger partial charge in [0.2, 0.25) is 0 Å². The molecule has 0 bridgehead atoms. The van der Waals surface area contributed by atoms with Crippen molar-refractivity contribution in [3.63, 3.8) is 0 Å². The third-order valence-electron chi connectivity index (χ3n) is 1.57. The highest BCUT2D eigenvalue weighted by atomic mass is 35.5. The van der Waals surface area contributed by atoms with Crippen molar-refractivity contribution in [2.45, 2.75) is 6.92 Å². The predicted octanol–water partition coefficient (Wildman–Crippen LogP) is 1.40. The van der Waals surface area contributed by atoms with Crippen LogP contribution in [0.2, 0.25) is 0 Å². The summed E-state index contributed by atoms with van der Waals surface area (Å²) in [5.74, 6) is 0. The second kappa shape index (κ2) is 3.69. The van der Waals surface area contributed by atoms with Crippen LogP contribution in [0.4, 0.5) is 5.69 Å². The summed E-state index contributed by atoms with van der Waals surface area (Å²) in [6.07, 6.45) is 3.54. The van der Waals surface area contributed by atoms with Crippen LogP contribution in [0.15, 0.2) is 12.4 Å². The number of anilines is 1. The number of fused-ring (bicyclic) bond motifs is 1. The van der Waals surface area contributed by atoms with Crippen molar-refractivity contribution in [1.82, 2.24) is 14.6 Å². The van der Waals surface area contributed by atoms with E-state index in [0.29, 0.717) is 0 Å². The minimum atomic E-state index is 0. The minimum Gasteiger partial charge on any atom is -0.394 e. The maximum Gasteiger partial charge on any atom is 0.176 e. The van der Waals surface area contributed by atoms with Crippen LogP contribution in [0, 0.1) is 6.92 Å². The quantitative estimate of drug-likeness (QED) is 0.688. The molecule has 0 saturated carbocycles. The van der Waals surface area contributed by atoms with Gasteiger partial charge in [0.05, 0.1) is 11.4 Å². The number of aromatic amines is 1. The summed E-state index contributed by atoms with van der Waals surface area (Å²) in [5.41, 5.74) is 8.16. The molecular weight excluding hydrogens is 199 g/mol. The summed E-state index contributed by atoms with van der Waals surface area (Å²) in [4.78, 5) is 4.05. The Labute approximate surface area is 82.0 Å². The Hall–Kier alpha value is -0.870. The third kappa shape index (κ3) is 1.35. The fraction of sp³-hybridized carbons (Fsp3) is 0.167. The Morgan fingerprint density at radius 3 is 2.75 bits per heavy atom. The Bertz CT molecular complexity index is 364. The molecule has 4 nitrogen and oxygen atoms in total. The monoisotopic (exact) mass is 208 g/mol. The van der Waals surface area contributed by atoms with Gasteiger partial charge in [-0.05, 0) is 6.92 Å². The Balaban J connectivity index is 0.000000605. The zero-order valence-electron chi connectivity index (χ0n) is 6.44. The van der Waals surface area contributed by atoms with Crippen LogP contribution in [0.5, 0.6) is 0 Å². The van der Waals surface area contributed by atoms with Gasteiger partial charge < -0.3 is 5.73 Å². The number of nitrogen functional groups attached to an aromatic ring is 1. The number of aromatic nitrogens is 3. The number of halogens is 2. The van der Waals surface area contributed by atoms with E-state index < -0.39 is 0 Å². The van der Waals surface area contributed by atoms with E-state index in [1.165, 1.54) is 0 Å². The normalized spacial score (nSPS) is 9.08. The van der Waals surface area contributed by atoms with E-state index in [2.05, 4.69) is 10.1 Å². The van der Waals surface area contributed by atoms with Gasteiger partial charge in [-0.3, -0.25) is 5.10 Å². The van der Waals surface area contributed by atoms with Gasteiger partial charge in [0.1, 0.15) is 0 Å².